The average Bonchev–Trinajstić information content (AvgIpc) is 3.43. The highest BCUT2D eigenvalue weighted by Gasteiger charge is 2.50. The fourth-order valence-electron chi connectivity index (χ4n) is 4.83. The van der Waals surface area contributed by atoms with Crippen molar-refractivity contribution in [1.82, 2.24) is 20.4 Å². The molecule has 2 saturated heterocycles. The minimum atomic E-state index is -0.925. The summed E-state index contributed by atoms with van der Waals surface area (Å²) < 4.78 is 0. The van der Waals surface area contributed by atoms with Crippen molar-refractivity contribution in [2.45, 2.75) is 44.1 Å². The van der Waals surface area contributed by atoms with Crippen molar-refractivity contribution < 1.29 is 19.2 Å². The lowest BCUT2D eigenvalue weighted by Gasteiger charge is -2.27. The van der Waals surface area contributed by atoms with E-state index in [0.717, 1.165) is 37.1 Å². The monoisotopic (exact) mass is 425 g/mol. The Morgan fingerprint density at radius 3 is 2.52 bits per heavy atom. The smallest absolute Gasteiger partial charge is 0.322 e. The number of nitrogens with zero attached hydrogens (tertiary/aromatic N) is 2. The van der Waals surface area contributed by atoms with Crippen LogP contribution in [-0.2, 0) is 22.4 Å². The molecule has 1 aromatic carbocycles. The quantitative estimate of drug-likeness (QED) is 0.616. The highest BCUT2D eigenvalue weighted by molar-refractivity contribution is 6.08. The van der Waals surface area contributed by atoms with Crippen LogP contribution >= 0.6 is 0 Å². The van der Waals surface area contributed by atoms with Crippen LogP contribution in [0.5, 0.6) is 0 Å². The summed E-state index contributed by atoms with van der Waals surface area (Å²) in [5, 5.41) is 7.93. The fraction of sp³-hybridized carbons (Fsp3) is 0.545. The third-order valence-electron chi connectivity index (χ3n) is 6.65. The molecule has 2 aliphatic heterocycles. The van der Waals surface area contributed by atoms with E-state index in [2.05, 4.69) is 16.0 Å². The van der Waals surface area contributed by atoms with E-state index in [4.69, 9.17) is 0 Å². The lowest BCUT2D eigenvalue weighted by atomic mass is 9.96. The number of benzene rings is 1. The van der Waals surface area contributed by atoms with E-state index in [-0.39, 0.29) is 24.4 Å². The van der Waals surface area contributed by atoms with Crippen LogP contribution < -0.4 is 16.0 Å². The molecule has 0 bridgehead atoms. The average molecular weight is 425 g/mol. The lowest BCUT2D eigenvalue weighted by Crippen LogP contribution is -2.47. The number of fused-ring (bicyclic) bond motifs is 1. The molecule has 1 spiro atoms. The number of hydrogen-bond donors (Lipinski definition) is 3. The first-order valence-electron chi connectivity index (χ1n) is 11.0. The van der Waals surface area contributed by atoms with Crippen molar-refractivity contribution in [1.29, 1.82) is 0 Å². The summed E-state index contributed by atoms with van der Waals surface area (Å²) in [5.74, 6) is 0.0788. The van der Waals surface area contributed by atoms with Crippen LogP contribution in [0, 0.1) is 5.92 Å². The molecule has 6 amide bonds. The van der Waals surface area contributed by atoms with Gasteiger partial charge in [-0.3, -0.25) is 14.9 Å². The number of carbonyl (C=O) groups is 4. The molecule has 1 aromatic rings. The zero-order valence-corrected chi connectivity index (χ0v) is 17.4. The van der Waals surface area contributed by atoms with Crippen molar-refractivity contribution in [2.24, 2.45) is 5.92 Å². The van der Waals surface area contributed by atoms with Gasteiger partial charge in [0.15, 0.2) is 0 Å². The Morgan fingerprint density at radius 1 is 1.06 bits per heavy atom. The normalized spacial score (nSPS) is 25.4. The number of imide groups is 1. The zero-order chi connectivity index (χ0) is 21.6. The molecule has 2 heterocycles. The van der Waals surface area contributed by atoms with Crippen LogP contribution in [0.2, 0.25) is 0 Å². The first-order valence-corrected chi connectivity index (χ1v) is 11.0. The Bertz CT molecular complexity index is 959. The predicted octanol–water partition coefficient (Wildman–Crippen LogP) is 1.23. The second-order valence-electron chi connectivity index (χ2n) is 9.18. The number of urea groups is 2. The Morgan fingerprint density at radius 2 is 1.81 bits per heavy atom. The number of carbonyl (C=O) groups excluding carboxylic acids is 4. The highest BCUT2D eigenvalue weighted by atomic mass is 16.2. The SMILES string of the molecule is O=C(CN1CCCCN(CC2CC2)C1=O)Nc1ccc2c(c1)CC1(C2)NC(=O)NC1=O. The number of anilines is 1. The van der Waals surface area contributed by atoms with Crippen molar-refractivity contribution in [3.8, 4) is 0 Å². The number of amides is 6. The topological polar surface area (TPSA) is 111 Å². The Kier molecular flexibility index (Phi) is 4.83. The molecular formula is C22H27N5O4. The molecule has 1 saturated carbocycles. The van der Waals surface area contributed by atoms with E-state index in [1.807, 2.05) is 17.0 Å². The summed E-state index contributed by atoms with van der Waals surface area (Å²) in [4.78, 5) is 52.9. The van der Waals surface area contributed by atoms with Crippen molar-refractivity contribution >= 4 is 29.6 Å². The molecule has 3 N–H and O–H groups in total. The van der Waals surface area contributed by atoms with Crippen LogP contribution in [0.1, 0.15) is 36.8 Å². The van der Waals surface area contributed by atoms with Gasteiger partial charge in [-0.05, 0) is 54.9 Å². The van der Waals surface area contributed by atoms with Crippen LogP contribution in [0.4, 0.5) is 15.3 Å². The summed E-state index contributed by atoms with van der Waals surface area (Å²) in [6.07, 6.45) is 5.07. The molecule has 31 heavy (non-hydrogen) atoms. The van der Waals surface area contributed by atoms with Gasteiger partial charge in [0.1, 0.15) is 12.1 Å². The predicted molar refractivity (Wildman–Crippen MR) is 112 cm³/mol. The van der Waals surface area contributed by atoms with E-state index >= 15 is 0 Å². The van der Waals surface area contributed by atoms with Gasteiger partial charge in [-0.1, -0.05) is 6.07 Å². The molecule has 9 nitrogen and oxygen atoms in total. The Balaban J connectivity index is 1.22. The van der Waals surface area contributed by atoms with Gasteiger partial charge in [0.05, 0.1) is 0 Å². The van der Waals surface area contributed by atoms with Gasteiger partial charge in [-0.25, -0.2) is 9.59 Å². The fourth-order valence-corrected chi connectivity index (χ4v) is 4.83. The zero-order valence-electron chi connectivity index (χ0n) is 17.4. The first kappa shape index (κ1) is 19.8. The maximum atomic E-state index is 12.9. The Hall–Kier alpha value is -3.10. The van der Waals surface area contributed by atoms with Crippen LogP contribution in [0.25, 0.3) is 0 Å². The van der Waals surface area contributed by atoms with Gasteiger partial charge >= 0.3 is 12.1 Å². The summed E-state index contributed by atoms with van der Waals surface area (Å²) in [5.41, 5.74) is 1.61. The van der Waals surface area contributed by atoms with E-state index < -0.39 is 11.6 Å². The van der Waals surface area contributed by atoms with E-state index in [0.29, 0.717) is 31.0 Å². The molecule has 164 valence electrons. The summed E-state index contributed by atoms with van der Waals surface area (Å²) in [6, 6.07) is 5.02. The van der Waals surface area contributed by atoms with E-state index in [1.54, 1.807) is 11.0 Å². The van der Waals surface area contributed by atoms with Gasteiger partial charge in [0, 0.05) is 38.2 Å². The van der Waals surface area contributed by atoms with Crippen LogP contribution in [-0.4, -0.2) is 65.4 Å². The molecular weight excluding hydrogens is 398 g/mol. The first-order chi connectivity index (χ1) is 14.9. The lowest BCUT2D eigenvalue weighted by molar-refractivity contribution is -0.123. The van der Waals surface area contributed by atoms with E-state index in [1.165, 1.54) is 12.8 Å². The molecule has 2 aliphatic carbocycles. The van der Waals surface area contributed by atoms with E-state index in [9.17, 15) is 19.2 Å². The number of rotatable bonds is 5. The maximum absolute atomic E-state index is 12.9. The molecule has 1 unspecified atom stereocenters. The summed E-state index contributed by atoms with van der Waals surface area (Å²) in [6.45, 7) is 2.19. The number of hydrogen-bond acceptors (Lipinski definition) is 4. The Labute approximate surface area is 180 Å². The van der Waals surface area contributed by atoms with Crippen LogP contribution in [0.15, 0.2) is 18.2 Å². The van der Waals surface area contributed by atoms with Crippen LogP contribution in [0.3, 0.4) is 0 Å². The van der Waals surface area contributed by atoms with Gasteiger partial charge in [0.25, 0.3) is 5.91 Å². The third kappa shape index (κ3) is 3.96. The third-order valence-corrected chi connectivity index (χ3v) is 6.65. The maximum Gasteiger partial charge on any atom is 0.322 e. The number of nitrogens with one attached hydrogen (secondary N) is 3. The molecule has 9 heteroatoms. The summed E-state index contributed by atoms with van der Waals surface area (Å²) in [7, 11) is 0. The van der Waals surface area contributed by atoms with Gasteiger partial charge in [0.2, 0.25) is 5.91 Å². The molecule has 4 aliphatic rings. The second-order valence-corrected chi connectivity index (χ2v) is 9.18. The molecule has 1 atom stereocenters. The van der Waals surface area contributed by atoms with Gasteiger partial charge in [-0.15, -0.1) is 0 Å². The minimum Gasteiger partial charge on any atom is -0.325 e. The van der Waals surface area contributed by atoms with Crippen molar-refractivity contribution in [3.05, 3.63) is 29.3 Å². The molecule has 5 rings (SSSR count). The molecule has 3 fully saturated rings. The summed E-state index contributed by atoms with van der Waals surface area (Å²) >= 11 is 0. The standard InChI is InChI=1S/C22H27N5O4/c28-18(13-27-8-2-1-7-26(21(27)31)12-14-3-4-14)23-17-6-5-15-10-22(11-16(15)9-17)19(29)24-20(30)25-22/h5-6,9,14H,1-4,7-8,10-13H2,(H,23,28)(H2,24,25,29,30). The molecule has 0 aromatic heterocycles. The largest absolute Gasteiger partial charge is 0.325 e. The van der Waals surface area contributed by atoms with Crippen molar-refractivity contribution in [3.63, 3.8) is 0 Å². The highest BCUT2D eigenvalue weighted by Crippen LogP contribution is 2.34. The second kappa shape index (κ2) is 7.55. The van der Waals surface area contributed by atoms with Gasteiger partial charge in [-0.2, -0.15) is 0 Å². The minimum absolute atomic E-state index is 0.0273. The van der Waals surface area contributed by atoms with Gasteiger partial charge < -0.3 is 20.4 Å². The molecule has 0 radical (unpaired) electrons. The van der Waals surface area contributed by atoms with Crippen molar-refractivity contribution in [2.75, 3.05) is 31.5 Å².